The third-order valence-corrected chi connectivity index (χ3v) is 4.84. The molecule has 0 radical (unpaired) electrons. The van der Waals surface area contributed by atoms with Crippen LogP contribution in [0.2, 0.25) is 0 Å². The van der Waals surface area contributed by atoms with Gasteiger partial charge in [0.2, 0.25) is 5.88 Å². The zero-order valence-corrected chi connectivity index (χ0v) is 17.2. The second-order valence-corrected chi connectivity index (χ2v) is 6.73. The second-order valence-electron chi connectivity index (χ2n) is 6.73. The summed E-state index contributed by atoms with van der Waals surface area (Å²) >= 11 is 0. The van der Waals surface area contributed by atoms with Gasteiger partial charge in [0.05, 0.1) is 20.4 Å². The van der Waals surface area contributed by atoms with Crippen molar-refractivity contribution in [1.29, 1.82) is 0 Å². The van der Waals surface area contributed by atoms with Gasteiger partial charge >= 0.3 is 0 Å². The minimum Gasteiger partial charge on any atom is -0.497 e. The Morgan fingerprint density at radius 1 is 0.871 bits per heavy atom. The van der Waals surface area contributed by atoms with E-state index in [1.165, 1.54) is 0 Å². The van der Waals surface area contributed by atoms with Crippen molar-refractivity contribution in [2.75, 3.05) is 14.2 Å². The first-order chi connectivity index (χ1) is 15.2. The van der Waals surface area contributed by atoms with Gasteiger partial charge in [-0.25, -0.2) is 10.4 Å². The molecule has 0 unspecified atom stereocenters. The van der Waals surface area contributed by atoms with E-state index in [2.05, 4.69) is 15.5 Å². The van der Waals surface area contributed by atoms with Gasteiger partial charge in [-0.2, -0.15) is 5.10 Å². The summed E-state index contributed by atoms with van der Waals surface area (Å²) in [5.41, 5.74) is 5.27. The van der Waals surface area contributed by atoms with E-state index in [1.54, 1.807) is 20.4 Å². The van der Waals surface area contributed by atoms with E-state index in [9.17, 15) is 4.79 Å². The number of hydrogen-bond acceptors (Lipinski definition) is 5. The maximum Gasteiger partial charge on any atom is 0.290 e. The summed E-state index contributed by atoms with van der Waals surface area (Å²) in [6, 6.07) is 24.8. The minimum atomic E-state index is -0.423. The molecule has 0 aliphatic heterocycles. The van der Waals surface area contributed by atoms with Gasteiger partial charge in [-0.3, -0.25) is 4.79 Å². The quantitative estimate of drug-likeness (QED) is 0.369. The number of aromatic nitrogens is 1. The monoisotopic (exact) mass is 411 g/mol. The normalized spacial score (nSPS) is 10.9. The first-order valence-electron chi connectivity index (χ1n) is 9.71. The average Bonchev–Trinajstić information content (AvgIpc) is 2.83. The molecule has 1 aromatic heterocycles. The molecule has 0 bridgehead atoms. The molecule has 1 heterocycles. The zero-order chi connectivity index (χ0) is 21.6. The highest BCUT2D eigenvalue weighted by atomic mass is 16.5. The molecule has 6 heteroatoms. The Labute approximate surface area is 180 Å². The standard InChI is InChI=1S/C25H21N3O3/c1-30-19-14-12-17(13-15-19)16-26-28-24(29)23-22(18-8-4-3-5-9-18)20-10-6-7-11-21(20)25(27-23)31-2/h3-16H,1-2H3,(H,28,29)/b26-16+. The van der Waals surface area contributed by atoms with Gasteiger partial charge in [0.25, 0.3) is 5.91 Å². The first-order valence-corrected chi connectivity index (χ1v) is 9.71. The summed E-state index contributed by atoms with van der Waals surface area (Å²) in [5.74, 6) is 0.716. The highest BCUT2D eigenvalue weighted by Crippen LogP contribution is 2.35. The van der Waals surface area contributed by atoms with Crippen molar-refractivity contribution in [2.45, 2.75) is 0 Å². The summed E-state index contributed by atoms with van der Waals surface area (Å²) in [5, 5.41) is 5.81. The van der Waals surface area contributed by atoms with E-state index in [1.807, 2.05) is 78.9 Å². The van der Waals surface area contributed by atoms with Crippen molar-refractivity contribution < 1.29 is 14.3 Å². The molecule has 31 heavy (non-hydrogen) atoms. The molecule has 0 aliphatic carbocycles. The van der Waals surface area contributed by atoms with Crippen LogP contribution in [-0.2, 0) is 0 Å². The van der Waals surface area contributed by atoms with Crippen LogP contribution in [0.5, 0.6) is 11.6 Å². The third-order valence-electron chi connectivity index (χ3n) is 4.84. The van der Waals surface area contributed by atoms with Crippen molar-refractivity contribution in [1.82, 2.24) is 10.4 Å². The molecule has 0 atom stereocenters. The van der Waals surface area contributed by atoms with E-state index in [-0.39, 0.29) is 5.69 Å². The van der Waals surface area contributed by atoms with Gasteiger partial charge in [0.1, 0.15) is 11.4 Å². The molecule has 0 spiro atoms. The van der Waals surface area contributed by atoms with Gasteiger partial charge in [-0.05, 0) is 46.8 Å². The van der Waals surface area contributed by atoms with Crippen LogP contribution in [0.25, 0.3) is 21.9 Å². The number of amides is 1. The smallest absolute Gasteiger partial charge is 0.290 e. The molecule has 154 valence electrons. The van der Waals surface area contributed by atoms with E-state index in [0.717, 1.165) is 33.2 Å². The van der Waals surface area contributed by atoms with Gasteiger partial charge in [-0.1, -0.05) is 48.5 Å². The number of nitrogens with one attached hydrogen (secondary N) is 1. The fourth-order valence-corrected chi connectivity index (χ4v) is 3.36. The third kappa shape index (κ3) is 4.23. The lowest BCUT2D eigenvalue weighted by Crippen LogP contribution is -2.20. The second kappa shape index (κ2) is 9.09. The lowest BCUT2D eigenvalue weighted by molar-refractivity contribution is 0.0950. The number of benzene rings is 3. The summed E-state index contributed by atoms with van der Waals surface area (Å²) in [6.45, 7) is 0. The summed E-state index contributed by atoms with van der Waals surface area (Å²) in [6.07, 6.45) is 1.57. The largest absolute Gasteiger partial charge is 0.497 e. The maximum atomic E-state index is 13.1. The molecule has 1 N–H and O–H groups in total. The Morgan fingerprint density at radius 3 is 2.23 bits per heavy atom. The van der Waals surface area contributed by atoms with Gasteiger partial charge in [-0.15, -0.1) is 0 Å². The molecule has 0 saturated heterocycles. The number of hydrazone groups is 1. The van der Waals surface area contributed by atoms with E-state index >= 15 is 0 Å². The van der Waals surface area contributed by atoms with Crippen molar-refractivity contribution in [3.8, 4) is 22.8 Å². The molecule has 0 fully saturated rings. The van der Waals surface area contributed by atoms with Crippen LogP contribution < -0.4 is 14.9 Å². The number of pyridine rings is 1. The number of carbonyl (C=O) groups excluding carboxylic acids is 1. The predicted octanol–water partition coefficient (Wildman–Crippen LogP) is 4.68. The number of ether oxygens (including phenoxy) is 2. The SMILES string of the molecule is COc1ccc(/C=N/NC(=O)c2nc(OC)c3ccccc3c2-c2ccccc2)cc1. The van der Waals surface area contributed by atoms with Crippen LogP contribution >= 0.6 is 0 Å². The Morgan fingerprint density at radius 2 is 1.55 bits per heavy atom. The van der Waals surface area contributed by atoms with Gasteiger partial charge in [0.15, 0.2) is 0 Å². The summed E-state index contributed by atoms with van der Waals surface area (Å²) in [7, 11) is 3.15. The fraction of sp³-hybridized carbons (Fsp3) is 0.0800. The fourth-order valence-electron chi connectivity index (χ4n) is 3.36. The molecule has 6 nitrogen and oxygen atoms in total. The van der Waals surface area contributed by atoms with Crippen LogP contribution in [0, 0.1) is 0 Å². The molecule has 4 aromatic rings. The van der Waals surface area contributed by atoms with Crippen molar-refractivity contribution in [3.63, 3.8) is 0 Å². The molecule has 4 rings (SSSR count). The van der Waals surface area contributed by atoms with E-state index < -0.39 is 5.91 Å². The zero-order valence-electron chi connectivity index (χ0n) is 17.2. The summed E-state index contributed by atoms with van der Waals surface area (Å²) in [4.78, 5) is 17.6. The molecule has 3 aromatic carbocycles. The minimum absolute atomic E-state index is 0.244. The highest BCUT2D eigenvalue weighted by Gasteiger charge is 2.20. The Kier molecular flexibility index (Phi) is 5.89. The van der Waals surface area contributed by atoms with Crippen LogP contribution in [0.3, 0.4) is 0 Å². The average molecular weight is 411 g/mol. The molecule has 0 aliphatic rings. The number of rotatable bonds is 6. The number of nitrogens with zero attached hydrogens (tertiary/aromatic N) is 2. The number of methoxy groups -OCH3 is 2. The molecular formula is C25H21N3O3. The molecule has 1 amide bonds. The topological polar surface area (TPSA) is 72.8 Å². The lowest BCUT2D eigenvalue weighted by atomic mass is 9.97. The Balaban J connectivity index is 1.73. The molecule has 0 saturated carbocycles. The lowest BCUT2D eigenvalue weighted by Gasteiger charge is -2.14. The Bertz CT molecular complexity index is 1240. The van der Waals surface area contributed by atoms with Crippen LogP contribution in [0.15, 0.2) is 84.0 Å². The number of carbonyl (C=O) groups is 1. The van der Waals surface area contributed by atoms with Gasteiger partial charge in [0, 0.05) is 10.9 Å². The van der Waals surface area contributed by atoms with Crippen LogP contribution in [0.1, 0.15) is 16.1 Å². The van der Waals surface area contributed by atoms with Crippen LogP contribution in [0.4, 0.5) is 0 Å². The number of fused-ring (bicyclic) bond motifs is 1. The van der Waals surface area contributed by atoms with Crippen LogP contribution in [-0.4, -0.2) is 31.3 Å². The molecular weight excluding hydrogens is 390 g/mol. The van der Waals surface area contributed by atoms with Crippen molar-refractivity contribution in [2.24, 2.45) is 5.10 Å². The van der Waals surface area contributed by atoms with E-state index in [4.69, 9.17) is 9.47 Å². The van der Waals surface area contributed by atoms with Crippen molar-refractivity contribution in [3.05, 3.63) is 90.1 Å². The maximum absolute atomic E-state index is 13.1. The number of hydrogen-bond donors (Lipinski definition) is 1. The Hall–Kier alpha value is -4.19. The summed E-state index contributed by atoms with van der Waals surface area (Å²) < 4.78 is 10.6. The van der Waals surface area contributed by atoms with Gasteiger partial charge < -0.3 is 9.47 Å². The highest BCUT2D eigenvalue weighted by molar-refractivity contribution is 6.09. The van der Waals surface area contributed by atoms with Crippen molar-refractivity contribution >= 4 is 22.9 Å². The predicted molar refractivity (Wildman–Crippen MR) is 122 cm³/mol. The van der Waals surface area contributed by atoms with E-state index in [0.29, 0.717) is 5.88 Å². The first kappa shape index (κ1) is 20.1.